The highest BCUT2D eigenvalue weighted by Gasteiger charge is 2.44. The zero-order chi connectivity index (χ0) is 17.0. The minimum absolute atomic E-state index is 0.215. The second-order valence-corrected chi connectivity index (χ2v) is 8.44. The number of hydrogen-bond donors (Lipinski definition) is 2. The number of allylic oxidation sites excluding steroid dienone is 2. The van der Waals surface area contributed by atoms with Gasteiger partial charge in [0.25, 0.3) is 0 Å². The summed E-state index contributed by atoms with van der Waals surface area (Å²) in [6, 6.07) is 0.366. The molecule has 3 nitrogen and oxygen atoms in total. The fourth-order valence-electron chi connectivity index (χ4n) is 3.49. The van der Waals surface area contributed by atoms with Gasteiger partial charge in [0.05, 0.1) is 0 Å². The van der Waals surface area contributed by atoms with Gasteiger partial charge in [-0.25, -0.2) is 0 Å². The molecule has 1 aliphatic rings. The van der Waals surface area contributed by atoms with E-state index in [0.29, 0.717) is 6.04 Å². The first-order valence-corrected chi connectivity index (χ1v) is 8.63. The number of nitrogens with one attached hydrogen (secondary N) is 1. The monoisotopic (exact) mass is 308 g/mol. The molecule has 1 aliphatic heterocycles. The molecular formula is C19H36N2O. The average Bonchev–Trinajstić information content (AvgIpc) is 2.34. The number of piperidine rings is 1. The van der Waals surface area contributed by atoms with Crippen LogP contribution in [0, 0.1) is 5.92 Å². The lowest BCUT2D eigenvalue weighted by atomic mass is 9.79. The quantitative estimate of drug-likeness (QED) is 0.658. The molecule has 22 heavy (non-hydrogen) atoms. The van der Waals surface area contributed by atoms with E-state index in [1.54, 1.807) is 0 Å². The summed E-state index contributed by atoms with van der Waals surface area (Å²) < 4.78 is 0. The van der Waals surface area contributed by atoms with Crippen LogP contribution in [0.2, 0.25) is 0 Å². The maximum atomic E-state index is 10.3. The van der Waals surface area contributed by atoms with Crippen LogP contribution < -0.4 is 5.32 Å². The Labute approximate surface area is 137 Å². The molecule has 0 atom stereocenters. The van der Waals surface area contributed by atoms with Crippen molar-refractivity contribution in [3.8, 4) is 0 Å². The highest BCUT2D eigenvalue weighted by atomic mass is 16.5. The minimum Gasteiger partial charge on any atom is -0.386 e. The second kappa shape index (κ2) is 7.65. The van der Waals surface area contributed by atoms with Crippen molar-refractivity contribution in [2.75, 3.05) is 0 Å². The lowest BCUT2D eigenvalue weighted by Gasteiger charge is -2.51. The highest BCUT2D eigenvalue weighted by Crippen LogP contribution is 2.36. The van der Waals surface area contributed by atoms with Crippen molar-refractivity contribution in [1.82, 2.24) is 10.4 Å². The normalized spacial score (nSPS) is 22.4. The molecule has 0 radical (unpaired) electrons. The van der Waals surface area contributed by atoms with Crippen molar-refractivity contribution >= 4 is 0 Å². The zero-order valence-electron chi connectivity index (χ0n) is 15.4. The third kappa shape index (κ3) is 5.77. The van der Waals surface area contributed by atoms with Crippen molar-refractivity contribution in [1.29, 1.82) is 0 Å². The molecule has 0 saturated carbocycles. The molecule has 0 spiro atoms. The van der Waals surface area contributed by atoms with Gasteiger partial charge in [-0.15, -0.1) is 0 Å². The van der Waals surface area contributed by atoms with Crippen molar-refractivity contribution < 1.29 is 5.21 Å². The molecule has 0 bridgehead atoms. The van der Waals surface area contributed by atoms with E-state index in [4.69, 9.17) is 0 Å². The maximum Gasteiger partial charge on any atom is 0.0429 e. The summed E-state index contributed by atoms with van der Waals surface area (Å²) in [6.07, 6.45) is 9.60. The SMILES string of the molecule is C=C(C/C=C/CCC(C)C)NC1CC(C)(C)N(O)C(C)(C)C1. The van der Waals surface area contributed by atoms with Crippen LogP contribution in [0.5, 0.6) is 0 Å². The van der Waals surface area contributed by atoms with Crippen molar-refractivity contribution in [2.24, 2.45) is 5.92 Å². The van der Waals surface area contributed by atoms with Crippen molar-refractivity contribution in [3.05, 3.63) is 24.4 Å². The summed E-state index contributed by atoms with van der Waals surface area (Å²) in [6.45, 7) is 17.0. The summed E-state index contributed by atoms with van der Waals surface area (Å²) in [5.41, 5.74) is 0.642. The van der Waals surface area contributed by atoms with Gasteiger partial charge in [0.2, 0.25) is 0 Å². The molecule has 3 heteroatoms. The van der Waals surface area contributed by atoms with E-state index >= 15 is 0 Å². The topological polar surface area (TPSA) is 35.5 Å². The van der Waals surface area contributed by atoms with E-state index in [1.165, 1.54) is 11.5 Å². The van der Waals surface area contributed by atoms with Crippen molar-refractivity contribution in [3.63, 3.8) is 0 Å². The Balaban J connectivity index is 2.45. The molecule has 2 N–H and O–H groups in total. The fraction of sp³-hybridized carbons (Fsp3) is 0.789. The van der Waals surface area contributed by atoms with Crippen LogP contribution in [-0.2, 0) is 0 Å². The van der Waals surface area contributed by atoms with E-state index in [1.807, 2.05) is 0 Å². The predicted molar refractivity (Wildman–Crippen MR) is 94.9 cm³/mol. The molecule has 0 aromatic heterocycles. The molecule has 1 fully saturated rings. The van der Waals surface area contributed by atoms with Gasteiger partial charge in [0, 0.05) is 29.2 Å². The number of rotatable bonds is 7. The molecule has 0 aromatic rings. The molecule has 0 aromatic carbocycles. The largest absolute Gasteiger partial charge is 0.386 e. The summed E-state index contributed by atoms with van der Waals surface area (Å²) >= 11 is 0. The second-order valence-electron chi connectivity index (χ2n) is 8.44. The third-order valence-corrected chi connectivity index (χ3v) is 4.49. The molecular weight excluding hydrogens is 272 g/mol. The van der Waals surface area contributed by atoms with E-state index in [2.05, 4.69) is 65.6 Å². The van der Waals surface area contributed by atoms with E-state index < -0.39 is 0 Å². The molecule has 0 unspecified atom stereocenters. The van der Waals surface area contributed by atoms with Gasteiger partial charge in [0.1, 0.15) is 0 Å². The number of nitrogens with zero attached hydrogens (tertiary/aromatic N) is 1. The van der Waals surface area contributed by atoms with Gasteiger partial charge in [-0.1, -0.05) is 32.6 Å². The predicted octanol–water partition coefficient (Wildman–Crippen LogP) is 4.88. The summed E-state index contributed by atoms with van der Waals surface area (Å²) in [5.74, 6) is 0.763. The Bertz CT molecular complexity index is 378. The molecule has 0 aliphatic carbocycles. The summed E-state index contributed by atoms with van der Waals surface area (Å²) in [5, 5.41) is 15.4. The third-order valence-electron chi connectivity index (χ3n) is 4.49. The zero-order valence-corrected chi connectivity index (χ0v) is 15.4. The standard InChI is InChI=1S/C19H36N2O/c1-15(2)11-9-8-10-12-16(3)20-17-13-18(4,5)21(22)19(6,7)14-17/h8,10,15,17,20,22H,3,9,11-14H2,1-2,4-7H3/b10-8+. The van der Waals surface area contributed by atoms with Gasteiger partial charge in [-0.3, -0.25) is 0 Å². The Morgan fingerprint density at radius 2 is 1.77 bits per heavy atom. The Morgan fingerprint density at radius 1 is 1.23 bits per heavy atom. The van der Waals surface area contributed by atoms with Gasteiger partial charge in [-0.05, 0) is 59.3 Å². The summed E-state index contributed by atoms with van der Waals surface area (Å²) in [4.78, 5) is 0. The van der Waals surface area contributed by atoms with Crippen LogP contribution in [0.1, 0.15) is 73.6 Å². The Morgan fingerprint density at radius 3 is 2.27 bits per heavy atom. The van der Waals surface area contributed by atoms with Crippen LogP contribution in [0.25, 0.3) is 0 Å². The molecule has 1 saturated heterocycles. The Hall–Kier alpha value is -0.800. The molecule has 1 rings (SSSR count). The molecule has 1 heterocycles. The van der Waals surface area contributed by atoms with Gasteiger partial charge in [-0.2, -0.15) is 5.06 Å². The highest BCUT2D eigenvalue weighted by molar-refractivity contribution is 5.06. The van der Waals surface area contributed by atoms with Crippen LogP contribution in [-0.4, -0.2) is 27.4 Å². The molecule has 128 valence electrons. The van der Waals surface area contributed by atoms with E-state index in [9.17, 15) is 5.21 Å². The lowest BCUT2D eigenvalue weighted by Crippen LogP contribution is -2.62. The average molecular weight is 309 g/mol. The summed E-state index contributed by atoms with van der Waals surface area (Å²) in [7, 11) is 0. The Kier molecular flexibility index (Phi) is 6.69. The minimum atomic E-state index is -0.215. The van der Waals surface area contributed by atoms with Gasteiger partial charge >= 0.3 is 0 Å². The fourth-order valence-corrected chi connectivity index (χ4v) is 3.49. The van der Waals surface area contributed by atoms with Crippen LogP contribution in [0.4, 0.5) is 0 Å². The number of hydroxylamine groups is 2. The first kappa shape index (κ1) is 19.2. The maximum absolute atomic E-state index is 10.3. The first-order valence-electron chi connectivity index (χ1n) is 8.63. The van der Waals surface area contributed by atoms with Gasteiger partial charge < -0.3 is 10.5 Å². The smallest absolute Gasteiger partial charge is 0.0429 e. The van der Waals surface area contributed by atoms with E-state index in [-0.39, 0.29) is 11.1 Å². The van der Waals surface area contributed by atoms with Crippen LogP contribution in [0.3, 0.4) is 0 Å². The number of hydrogen-bond acceptors (Lipinski definition) is 3. The first-order chi connectivity index (χ1) is 10.0. The van der Waals surface area contributed by atoms with Crippen molar-refractivity contribution in [2.45, 2.75) is 90.8 Å². The molecule has 0 amide bonds. The van der Waals surface area contributed by atoms with Crippen LogP contribution >= 0.6 is 0 Å². The lowest BCUT2D eigenvalue weighted by molar-refractivity contribution is -0.245. The van der Waals surface area contributed by atoms with Gasteiger partial charge in [0.15, 0.2) is 0 Å². The van der Waals surface area contributed by atoms with E-state index in [0.717, 1.165) is 37.3 Å². The van der Waals surface area contributed by atoms with Crippen LogP contribution in [0.15, 0.2) is 24.4 Å².